The second kappa shape index (κ2) is 12.2. The molecule has 2 aromatic carbocycles. The highest BCUT2D eigenvalue weighted by molar-refractivity contribution is 5.85. The van der Waals surface area contributed by atoms with Crippen molar-refractivity contribution in [1.82, 2.24) is 9.80 Å². The van der Waals surface area contributed by atoms with Crippen molar-refractivity contribution in [2.75, 3.05) is 39.3 Å². The highest BCUT2D eigenvalue weighted by atomic mass is 35.5. The lowest BCUT2D eigenvalue weighted by Crippen LogP contribution is -2.48. The molecular formula is C21H30Cl2N2O2. The first-order valence-corrected chi connectivity index (χ1v) is 9.06. The van der Waals surface area contributed by atoms with Gasteiger partial charge in [-0.3, -0.25) is 9.80 Å². The van der Waals surface area contributed by atoms with Gasteiger partial charge in [0.25, 0.3) is 0 Å². The van der Waals surface area contributed by atoms with E-state index in [2.05, 4.69) is 40.1 Å². The highest BCUT2D eigenvalue weighted by Crippen LogP contribution is 2.16. The molecule has 1 atom stereocenters. The van der Waals surface area contributed by atoms with Crippen LogP contribution in [0.1, 0.15) is 11.1 Å². The monoisotopic (exact) mass is 412 g/mol. The summed E-state index contributed by atoms with van der Waals surface area (Å²) in [5.41, 5.74) is 2.46. The quantitative estimate of drug-likeness (QED) is 0.755. The summed E-state index contributed by atoms with van der Waals surface area (Å²) in [6.45, 7) is 8.12. The molecule has 150 valence electrons. The summed E-state index contributed by atoms with van der Waals surface area (Å²) in [6, 6.07) is 18.5. The van der Waals surface area contributed by atoms with Crippen molar-refractivity contribution < 1.29 is 9.84 Å². The Balaban J connectivity index is 0.00000182. The minimum atomic E-state index is -0.458. The van der Waals surface area contributed by atoms with E-state index in [1.807, 2.05) is 31.2 Å². The van der Waals surface area contributed by atoms with Gasteiger partial charge in [-0.05, 0) is 24.1 Å². The van der Waals surface area contributed by atoms with E-state index < -0.39 is 6.10 Å². The number of aryl methyl sites for hydroxylation is 1. The van der Waals surface area contributed by atoms with Crippen LogP contribution in [0.3, 0.4) is 0 Å². The molecule has 1 heterocycles. The van der Waals surface area contributed by atoms with Crippen LogP contribution in [0.25, 0.3) is 0 Å². The lowest BCUT2D eigenvalue weighted by atomic mass is 10.2. The van der Waals surface area contributed by atoms with Crippen molar-refractivity contribution in [3.05, 3.63) is 65.7 Å². The van der Waals surface area contributed by atoms with Crippen LogP contribution in [0.5, 0.6) is 5.75 Å². The fourth-order valence-electron chi connectivity index (χ4n) is 3.23. The summed E-state index contributed by atoms with van der Waals surface area (Å²) in [4.78, 5) is 4.80. The molecule has 1 N–H and O–H groups in total. The Labute approximate surface area is 175 Å². The number of rotatable bonds is 7. The fourth-order valence-corrected chi connectivity index (χ4v) is 3.23. The molecule has 1 aliphatic heterocycles. The van der Waals surface area contributed by atoms with Crippen LogP contribution in [0.15, 0.2) is 54.6 Å². The van der Waals surface area contributed by atoms with Gasteiger partial charge in [-0.1, -0.05) is 48.5 Å². The molecule has 27 heavy (non-hydrogen) atoms. The number of hydrogen-bond acceptors (Lipinski definition) is 4. The van der Waals surface area contributed by atoms with Crippen LogP contribution in [-0.2, 0) is 6.54 Å². The van der Waals surface area contributed by atoms with E-state index in [1.54, 1.807) is 0 Å². The number of β-amino-alcohol motifs (C(OH)–C–C–N with tert-alkyl or cyclic N) is 1. The van der Waals surface area contributed by atoms with Gasteiger partial charge in [0.2, 0.25) is 0 Å². The molecule has 1 unspecified atom stereocenters. The van der Waals surface area contributed by atoms with Crippen LogP contribution in [0.4, 0.5) is 0 Å². The summed E-state index contributed by atoms with van der Waals surface area (Å²) in [6.07, 6.45) is -0.458. The maximum absolute atomic E-state index is 10.3. The van der Waals surface area contributed by atoms with Gasteiger partial charge >= 0.3 is 0 Å². The third kappa shape index (κ3) is 7.68. The molecule has 0 spiro atoms. The number of para-hydroxylation sites is 1. The summed E-state index contributed by atoms with van der Waals surface area (Å²) >= 11 is 0. The Bertz CT molecular complexity index is 650. The molecule has 0 bridgehead atoms. The molecule has 3 rings (SSSR count). The number of piperazine rings is 1. The normalized spacial score (nSPS) is 16.1. The van der Waals surface area contributed by atoms with Gasteiger partial charge in [0.05, 0.1) is 0 Å². The van der Waals surface area contributed by atoms with E-state index in [0.717, 1.165) is 44.0 Å². The van der Waals surface area contributed by atoms with Gasteiger partial charge in [-0.25, -0.2) is 0 Å². The molecule has 2 aromatic rings. The molecule has 0 amide bonds. The molecule has 6 heteroatoms. The smallest absolute Gasteiger partial charge is 0.122 e. The highest BCUT2D eigenvalue weighted by Gasteiger charge is 2.19. The van der Waals surface area contributed by atoms with Crippen LogP contribution in [0, 0.1) is 6.92 Å². The van der Waals surface area contributed by atoms with Crippen LogP contribution >= 0.6 is 24.8 Å². The molecule has 0 aliphatic carbocycles. The van der Waals surface area contributed by atoms with E-state index in [1.165, 1.54) is 5.56 Å². The van der Waals surface area contributed by atoms with Gasteiger partial charge in [0.15, 0.2) is 0 Å². The van der Waals surface area contributed by atoms with E-state index in [4.69, 9.17) is 4.74 Å². The van der Waals surface area contributed by atoms with Crippen molar-refractivity contribution >= 4 is 24.8 Å². The third-order valence-corrected chi connectivity index (χ3v) is 4.71. The lowest BCUT2D eigenvalue weighted by Gasteiger charge is -2.35. The van der Waals surface area contributed by atoms with E-state index in [9.17, 15) is 5.11 Å². The summed E-state index contributed by atoms with van der Waals surface area (Å²) in [5, 5.41) is 10.3. The third-order valence-electron chi connectivity index (χ3n) is 4.71. The maximum Gasteiger partial charge on any atom is 0.122 e. The van der Waals surface area contributed by atoms with E-state index in [0.29, 0.717) is 13.2 Å². The number of nitrogens with zero attached hydrogens (tertiary/aromatic N) is 2. The van der Waals surface area contributed by atoms with Gasteiger partial charge in [-0.2, -0.15) is 0 Å². The lowest BCUT2D eigenvalue weighted by molar-refractivity contribution is 0.0445. The molecule has 0 aromatic heterocycles. The number of aliphatic hydroxyl groups is 1. The largest absolute Gasteiger partial charge is 0.491 e. The Morgan fingerprint density at radius 1 is 0.889 bits per heavy atom. The number of benzene rings is 2. The molecule has 1 fully saturated rings. The molecule has 4 nitrogen and oxygen atoms in total. The van der Waals surface area contributed by atoms with E-state index >= 15 is 0 Å². The number of hydrogen-bond donors (Lipinski definition) is 1. The average molecular weight is 413 g/mol. The van der Waals surface area contributed by atoms with Crippen molar-refractivity contribution in [3.8, 4) is 5.75 Å². The number of aliphatic hydroxyl groups excluding tert-OH is 1. The van der Waals surface area contributed by atoms with Crippen molar-refractivity contribution in [2.45, 2.75) is 19.6 Å². The van der Waals surface area contributed by atoms with Gasteiger partial charge in [-0.15, -0.1) is 24.8 Å². The zero-order valence-electron chi connectivity index (χ0n) is 15.8. The second-order valence-corrected chi connectivity index (χ2v) is 6.79. The van der Waals surface area contributed by atoms with Gasteiger partial charge in [0, 0.05) is 39.3 Å². The summed E-state index contributed by atoms with van der Waals surface area (Å²) in [7, 11) is 0. The number of ether oxygens (including phenoxy) is 1. The Morgan fingerprint density at radius 3 is 2.15 bits per heavy atom. The van der Waals surface area contributed by atoms with Gasteiger partial charge in [0.1, 0.15) is 18.5 Å². The minimum absolute atomic E-state index is 0. The number of halogens is 2. The first-order chi connectivity index (χ1) is 12.2. The maximum atomic E-state index is 10.3. The summed E-state index contributed by atoms with van der Waals surface area (Å²) in [5.74, 6) is 0.856. The average Bonchev–Trinajstić information content (AvgIpc) is 2.64. The van der Waals surface area contributed by atoms with Gasteiger partial charge < -0.3 is 9.84 Å². The van der Waals surface area contributed by atoms with Crippen LogP contribution in [-0.4, -0.2) is 60.3 Å². The standard InChI is InChI=1S/C21H28N2O2.2ClH/c1-18-7-5-6-10-21(18)25-17-20(24)16-23-13-11-22(12-14-23)15-19-8-3-2-4-9-19;;/h2-10,20,24H,11-17H2,1H3;2*1H. The van der Waals surface area contributed by atoms with Crippen LogP contribution in [0.2, 0.25) is 0 Å². The Morgan fingerprint density at radius 2 is 1.48 bits per heavy atom. The Hall–Kier alpha value is -1.30. The Kier molecular flexibility index (Phi) is 10.7. The predicted octanol–water partition coefficient (Wildman–Crippen LogP) is 3.40. The molecular weight excluding hydrogens is 383 g/mol. The SMILES string of the molecule is Cc1ccccc1OCC(O)CN1CCN(Cc2ccccc2)CC1.Cl.Cl. The van der Waals surface area contributed by atoms with Crippen molar-refractivity contribution in [2.24, 2.45) is 0 Å². The fraction of sp³-hybridized carbons (Fsp3) is 0.429. The van der Waals surface area contributed by atoms with Crippen molar-refractivity contribution in [1.29, 1.82) is 0 Å². The van der Waals surface area contributed by atoms with E-state index in [-0.39, 0.29) is 24.8 Å². The predicted molar refractivity (Wildman–Crippen MR) is 115 cm³/mol. The molecule has 1 aliphatic rings. The molecule has 0 saturated carbocycles. The first-order valence-electron chi connectivity index (χ1n) is 9.06. The molecule has 0 radical (unpaired) electrons. The topological polar surface area (TPSA) is 35.9 Å². The van der Waals surface area contributed by atoms with Crippen molar-refractivity contribution in [3.63, 3.8) is 0 Å². The first kappa shape index (κ1) is 23.7. The second-order valence-electron chi connectivity index (χ2n) is 6.79. The summed E-state index contributed by atoms with van der Waals surface area (Å²) < 4.78 is 5.75. The van der Waals surface area contributed by atoms with Crippen LogP contribution < -0.4 is 4.74 Å². The molecule has 1 saturated heterocycles. The zero-order chi connectivity index (χ0) is 17.5. The zero-order valence-corrected chi connectivity index (χ0v) is 17.4. The minimum Gasteiger partial charge on any atom is -0.491 e.